The Balaban J connectivity index is 0.00000162. The van der Waals surface area contributed by atoms with Crippen molar-refractivity contribution in [3.05, 3.63) is 47.5 Å². The van der Waals surface area contributed by atoms with Gasteiger partial charge in [0.25, 0.3) is 0 Å². The lowest BCUT2D eigenvalue weighted by molar-refractivity contribution is 1.21. The van der Waals surface area contributed by atoms with Crippen molar-refractivity contribution in [1.29, 1.82) is 0 Å². The van der Waals surface area contributed by atoms with Crippen LogP contribution in [0.4, 0.5) is 0 Å². The maximum absolute atomic E-state index is 5.22. The Labute approximate surface area is 112 Å². The molecule has 0 aliphatic heterocycles. The van der Waals surface area contributed by atoms with Gasteiger partial charge in [0.1, 0.15) is 0 Å². The fraction of sp³-hybridized carbons (Fsp3) is 0.0769. The maximum atomic E-state index is 5.22. The van der Waals surface area contributed by atoms with Gasteiger partial charge in [0, 0.05) is 5.56 Å². The molecule has 94 valence electrons. The van der Waals surface area contributed by atoms with E-state index in [1.54, 1.807) is 6.21 Å². The number of rotatable bonds is 2. The lowest BCUT2D eigenvalue weighted by Crippen LogP contribution is -2.21. The molecular weight excluding hydrogens is 248 g/mol. The van der Waals surface area contributed by atoms with E-state index in [2.05, 4.69) is 34.5 Å². The van der Waals surface area contributed by atoms with Crippen LogP contribution < -0.4 is 11.5 Å². The highest BCUT2D eigenvalue weighted by Crippen LogP contribution is 2.20. The Morgan fingerprint density at radius 2 is 1.83 bits per heavy atom. The van der Waals surface area contributed by atoms with Gasteiger partial charge in [-0.15, -0.1) is 17.5 Å². The first kappa shape index (κ1) is 14.0. The zero-order chi connectivity index (χ0) is 12.3. The molecule has 0 aliphatic rings. The Bertz CT molecular complexity index is 601. The molecule has 5 heteroatoms. The van der Waals surface area contributed by atoms with Gasteiger partial charge in [-0.25, -0.2) is 0 Å². The lowest BCUT2D eigenvalue weighted by atomic mass is 10.0. The number of aryl methyl sites for hydroxylation is 1. The molecule has 2 aromatic carbocycles. The van der Waals surface area contributed by atoms with Gasteiger partial charge in [-0.2, -0.15) is 5.10 Å². The number of fused-ring (bicyclic) bond motifs is 1. The van der Waals surface area contributed by atoms with E-state index in [0.717, 1.165) is 16.5 Å². The van der Waals surface area contributed by atoms with E-state index >= 15 is 0 Å². The maximum Gasteiger partial charge on any atom is 0.211 e. The summed E-state index contributed by atoms with van der Waals surface area (Å²) in [6, 6.07) is 12.3. The van der Waals surface area contributed by atoms with Gasteiger partial charge in [-0.1, -0.05) is 36.4 Å². The molecule has 4 nitrogen and oxygen atoms in total. The first-order valence-corrected chi connectivity index (χ1v) is 5.29. The van der Waals surface area contributed by atoms with Crippen LogP contribution in [0, 0.1) is 6.92 Å². The van der Waals surface area contributed by atoms with Gasteiger partial charge in [0.2, 0.25) is 5.96 Å². The SMILES string of the molecule is Cc1ccc2ccccc2c1/C=N/N=C(N)N.Cl. The molecule has 0 atom stereocenters. The third-order valence-corrected chi connectivity index (χ3v) is 2.55. The van der Waals surface area contributed by atoms with Crippen LogP contribution in [-0.2, 0) is 0 Å². The molecule has 2 aromatic rings. The van der Waals surface area contributed by atoms with Crippen molar-refractivity contribution in [1.82, 2.24) is 0 Å². The predicted octanol–water partition coefficient (Wildman–Crippen LogP) is 2.18. The number of nitrogens with two attached hydrogens (primary N) is 2. The third kappa shape index (κ3) is 2.99. The van der Waals surface area contributed by atoms with E-state index in [1.165, 1.54) is 5.39 Å². The molecule has 0 saturated heterocycles. The number of hydrogen-bond acceptors (Lipinski definition) is 2. The van der Waals surface area contributed by atoms with Crippen molar-refractivity contribution in [3.8, 4) is 0 Å². The number of benzene rings is 2. The molecule has 0 fully saturated rings. The van der Waals surface area contributed by atoms with Crippen molar-refractivity contribution in [3.63, 3.8) is 0 Å². The van der Waals surface area contributed by atoms with E-state index in [1.807, 2.05) is 19.1 Å². The predicted molar refractivity (Wildman–Crippen MR) is 79.3 cm³/mol. The minimum atomic E-state index is -0.0425. The van der Waals surface area contributed by atoms with E-state index in [-0.39, 0.29) is 18.4 Å². The summed E-state index contributed by atoms with van der Waals surface area (Å²) in [6.45, 7) is 2.03. The average molecular weight is 263 g/mol. The summed E-state index contributed by atoms with van der Waals surface area (Å²) in [7, 11) is 0. The van der Waals surface area contributed by atoms with Gasteiger partial charge in [0.05, 0.1) is 6.21 Å². The lowest BCUT2D eigenvalue weighted by Gasteiger charge is -2.04. The molecule has 4 N–H and O–H groups in total. The normalized spacial score (nSPS) is 10.3. The summed E-state index contributed by atoms with van der Waals surface area (Å²) in [5.74, 6) is -0.0425. The van der Waals surface area contributed by atoms with Crippen LogP contribution in [-0.4, -0.2) is 12.2 Å². The van der Waals surface area contributed by atoms with Crippen molar-refractivity contribution in [2.45, 2.75) is 6.92 Å². The smallest absolute Gasteiger partial charge is 0.211 e. The summed E-state index contributed by atoms with van der Waals surface area (Å²) >= 11 is 0. The standard InChI is InChI=1S/C13H14N4.ClH/c1-9-6-7-10-4-2-3-5-11(10)12(9)8-16-17-13(14)15;/h2-8H,1H3,(H4,14,15,17);1H/b16-8+;. The highest BCUT2D eigenvalue weighted by atomic mass is 35.5. The van der Waals surface area contributed by atoms with Gasteiger partial charge in [0.15, 0.2) is 0 Å². The molecule has 0 radical (unpaired) electrons. The van der Waals surface area contributed by atoms with Gasteiger partial charge in [-0.05, 0) is 23.3 Å². The molecule has 0 saturated carbocycles. The second kappa shape index (κ2) is 6.02. The van der Waals surface area contributed by atoms with Crippen molar-refractivity contribution < 1.29 is 0 Å². The molecule has 0 amide bonds. The summed E-state index contributed by atoms with van der Waals surface area (Å²) in [5.41, 5.74) is 12.6. The van der Waals surface area contributed by atoms with Gasteiger partial charge in [-0.3, -0.25) is 0 Å². The molecule has 0 unspecified atom stereocenters. The first-order chi connectivity index (χ1) is 8.18. The quantitative estimate of drug-likeness (QED) is 0.494. The second-order valence-electron chi connectivity index (χ2n) is 3.79. The van der Waals surface area contributed by atoms with E-state index in [4.69, 9.17) is 11.5 Å². The number of halogens is 1. The van der Waals surface area contributed by atoms with E-state index in [0.29, 0.717) is 0 Å². The second-order valence-corrected chi connectivity index (χ2v) is 3.79. The van der Waals surface area contributed by atoms with Crippen LogP contribution >= 0.6 is 12.4 Å². The zero-order valence-electron chi connectivity index (χ0n) is 10.00. The summed E-state index contributed by atoms with van der Waals surface area (Å²) < 4.78 is 0. The first-order valence-electron chi connectivity index (χ1n) is 5.29. The average Bonchev–Trinajstić information content (AvgIpc) is 2.32. The number of hydrogen-bond donors (Lipinski definition) is 2. The summed E-state index contributed by atoms with van der Waals surface area (Å²) in [5, 5.41) is 9.79. The number of nitrogens with zero attached hydrogens (tertiary/aromatic N) is 2. The summed E-state index contributed by atoms with van der Waals surface area (Å²) in [6.07, 6.45) is 1.68. The summed E-state index contributed by atoms with van der Waals surface area (Å²) in [4.78, 5) is 0. The minimum Gasteiger partial charge on any atom is -0.369 e. The molecule has 0 spiro atoms. The zero-order valence-corrected chi connectivity index (χ0v) is 10.8. The molecular formula is C13H15ClN4. The highest BCUT2D eigenvalue weighted by Gasteiger charge is 2.01. The van der Waals surface area contributed by atoms with Gasteiger partial charge < -0.3 is 11.5 Å². The van der Waals surface area contributed by atoms with E-state index < -0.39 is 0 Å². The third-order valence-electron chi connectivity index (χ3n) is 2.55. The van der Waals surface area contributed by atoms with Crippen LogP contribution in [0.3, 0.4) is 0 Å². The Kier molecular flexibility index (Phi) is 4.68. The highest BCUT2D eigenvalue weighted by molar-refractivity contribution is 6.01. The monoisotopic (exact) mass is 262 g/mol. The van der Waals surface area contributed by atoms with Crippen LogP contribution in [0.25, 0.3) is 10.8 Å². The Morgan fingerprint density at radius 3 is 2.56 bits per heavy atom. The van der Waals surface area contributed by atoms with Crippen molar-refractivity contribution >= 4 is 35.4 Å². The minimum absolute atomic E-state index is 0. The largest absolute Gasteiger partial charge is 0.369 e. The molecule has 2 rings (SSSR count). The number of guanidine groups is 1. The van der Waals surface area contributed by atoms with Crippen molar-refractivity contribution in [2.24, 2.45) is 21.7 Å². The van der Waals surface area contributed by atoms with Crippen LogP contribution in [0.2, 0.25) is 0 Å². The Morgan fingerprint density at radius 1 is 1.11 bits per heavy atom. The van der Waals surface area contributed by atoms with Crippen LogP contribution in [0.1, 0.15) is 11.1 Å². The molecule has 0 aliphatic carbocycles. The van der Waals surface area contributed by atoms with Crippen LogP contribution in [0.15, 0.2) is 46.6 Å². The molecule has 0 aromatic heterocycles. The molecule has 0 heterocycles. The fourth-order valence-corrected chi connectivity index (χ4v) is 1.73. The Hall–Kier alpha value is -2.07. The molecule has 0 bridgehead atoms. The van der Waals surface area contributed by atoms with Gasteiger partial charge >= 0.3 is 0 Å². The van der Waals surface area contributed by atoms with Crippen molar-refractivity contribution in [2.75, 3.05) is 0 Å². The fourth-order valence-electron chi connectivity index (χ4n) is 1.73. The topological polar surface area (TPSA) is 76.8 Å². The van der Waals surface area contributed by atoms with Crippen LogP contribution in [0.5, 0.6) is 0 Å². The van der Waals surface area contributed by atoms with E-state index in [9.17, 15) is 0 Å². The molecule has 18 heavy (non-hydrogen) atoms.